The predicted molar refractivity (Wildman–Crippen MR) is 87.7 cm³/mol. The molecule has 0 saturated carbocycles. The number of hydrogen-bond acceptors (Lipinski definition) is 7. The smallest absolute Gasteiger partial charge is 0.226 e. The highest BCUT2D eigenvalue weighted by Gasteiger charge is 2.32. The van der Waals surface area contributed by atoms with Crippen LogP contribution in [-0.4, -0.2) is 32.2 Å². The first-order valence-corrected chi connectivity index (χ1v) is 7.75. The average molecular weight is 335 g/mol. The van der Waals surface area contributed by atoms with Gasteiger partial charge in [-0.15, -0.1) is 0 Å². The minimum Gasteiger partial charge on any atom is -0.496 e. The highest BCUT2D eigenvalue weighted by atomic mass is 32.1. The van der Waals surface area contributed by atoms with Gasteiger partial charge >= 0.3 is 0 Å². The zero-order valence-corrected chi connectivity index (χ0v) is 13.8. The molecule has 23 heavy (non-hydrogen) atoms. The number of carbonyl (C=O) groups excluding carboxylic acids is 1. The fraction of sp³-hybridized carbons (Fsp3) is 0.333. The van der Waals surface area contributed by atoms with Gasteiger partial charge in [-0.3, -0.25) is 4.79 Å². The molecule has 0 aliphatic carbocycles. The summed E-state index contributed by atoms with van der Waals surface area (Å²) in [5.74, 6) is 1.99. The van der Waals surface area contributed by atoms with Crippen molar-refractivity contribution in [1.82, 2.24) is 4.98 Å². The van der Waals surface area contributed by atoms with E-state index in [0.29, 0.717) is 34.6 Å². The SMILES string of the molecule is COc1cc(OC)c([C@@H]2CC(=O)Nc3nc(N)sc32)cc1OC. The van der Waals surface area contributed by atoms with Gasteiger partial charge in [0.15, 0.2) is 16.6 Å². The first-order valence-electron chi connectivity index (χ1n) is 6.93. The largest absolute Gasteiger partial charge is 0.496 e. The van der Waals surface area contributed by atoms with Crippen molar-refractivity contribution < 1.29 is 19.0 Å². The Morgan fingerprint density at radius 3 is 2.48 bits per heavy atom. The molecular weight excluding hydrogens is 318 g/mol. The zero-order chi connectivity index (χ0) is 16.6. The van der Waals surface area contributed by atoms with Gasteiger partial charge in [0.05, 0.1) is 26.2 Å². The predicted octanol–water partition coefficient (Wildman–Crippen LogP) is 2.23. The molecule has 1 aliphatic heterocycles. The van der Waals surface area contributed by atoms with Gasteiger partial charge in [-0.05, 0) is 6.07 Å². The lowest BCUT2D eigenvalue weighted by molar-refractivity contribution is -0.116. The number of nitrogen functional groups attached to an aromatic ring is 1. The number of hydrogen-bond donors (Lipinski definition) is 2. The summed E-state index contributed by atoms with van der Waals surface area (Å²) in [7, 11) is 4.71. The molecule has 0 fully saturated rings. The Morgan fingerprint density at radius 1 is 1.17 bits per heavy atom. The Hall–Kier alpha value is -2.48. The Balaban J connectivity index is 2.16. The molecule has 1 amide bonds. The number of rotatable bonds is 4. The topological polar surface area (TPSA) is 95.7 Å². The van der Waals surface area contributed by atoms with E-state index in [2.05, 4.69) is 10.3 Å². The molecule has 122 valence electrons. The maximum absolute atomic E-state index is 12.0. The van der Waals surface area contributed by atoms with Crippen LogP contribution in [0.2, 0.25) is 0 Å². The number of methoxy groups -OCH3 is 3. The van der Waals surface area contributed by atoms with Crippen molar-refractivity contribution in [2.24, 2.45) is 0 Å². The number of fused-ring (bicyclic) bond motifs is 1. The summed E-state index contributed by atoms with van der Waals surface area (Å²) in [6.07, 6.45) is 0.292. The van der Waals surface area contributed by atoms with E-state index in [-0.39, 0.29) is 11.8 Å². The summed E-state index contributed by atoms with van der Waals surface area (Å²) in [6, 6.07) is 3.59. The van der Waals surface area contributed by atoms with Gasteiger partial charge in [-0.25, -0.2) is 4.98 Å². The third-order valence-corrected chi connectivity index (χ3v) is 4.74. The van der Waals surface area contributed by atoms with Crippen molar-refractivity contribution in [1.29, 1.82) is 0 Å². The summed E-state index contributed by atoms with van der Waals surface area (Å²) in [5, 5.41) is 3.17. The number of thiazole rings is 1. The fourth-order valence-corrected chi connectivity index (χ4v) is 3.62. The first-order chi connectivity index (χ1) is 11.1. The molecule has 1 aromatic heterocycles. The molecule has 0 saturated heterocycles. The molecule has 2 aromatic rings. The number of aromatic nitrogens is 1. The standard InChI is InChI=1S/C15H17N3O4S/c1-20-9-6-11(22-3)10(21-2)4-7(9)8-5-12(19)17-14-13(8)23-15(16)18-14/h4,6,8H,5H2,1-3H3,(H2,16,18)(H,17,19)/t8-/m0/s1. The molecule has 7 nitrogen and oxygen atoms in total. The van der Waals surface area contributed by atoms with E-state index in [1.54, 1.807) is 27.4 Å². The third-order valence-electron chi connectivity index (χ3n) is 3.75. The second-order valence-electron chi connectivity index (χ2n) is 5.02. The van der Waals surface area contributed by atoms with E-state index in [1.807, 2.05) is 6.07 Å². The van der Waals surface area contributed by atoms with Gasteiger partial charge in [0.2, 0.25) is 5.91 Å². The van der Waals surface area contributed by atoms with Crippen molar-refractivity contribution >= 4 is 28.2 Å². The molecule has 0 unspecified atom stereocenters. The molecule has 1 aliphatic rings. The Morgan fingerprint density at radius 2 is 1.83 bits per heavy atom. The van der Waals surface area contributed by atoms with Crippen LogP contribution in [0.1, 0.15) is 22.8 Å². The molecule has 0 spiro atoms. The Labute approximate surface area is 137 Å². The second kappa shape index (κ2) is 5.96. The normalized spacial score (nSPS) is 16.5. The molecule has 8 heteroatoms. The van der Waals surface area contributed by atoms with E-state index in [4.69, 9.17) is 19.9 Å². The number of ether oxygens (including phenoxy) is 3. The van der Waals surface area contributed by atoms with E-state index in [9.17, 15) is 4.79 Å². The van der Waals surface area contributed by atoms with Crippen LogP contribution >= 0.6 is 11.3 Å². The maximum atomic E-state index is 12.0. The fourth-order valence-electron chi connectivity index (χ4n) is 2.71. The van der Waals surface area contributed by atoms with Gasteiger partial charge in [0.1, 0.15) is 11.6 Å². The molecule has 0 bridgehead atoms. The minimum absolute atomic E-state index is 0.107. The van der Waals surface area contributed by atoms with Crippen molar-refractivity contribution in [3.63, 3.8) is 0 Å². The second-order valence-corrected chi connectivity index (χ2v) is 6.08. The number of anilines is 2. The highest BCUT2D eigenvalue weighted by molar-refractivity contribution is 7.16. The van der Waals surface area contributed by atoms with Gasteiger partial charge < -0.3 is 25.3 Å². The van der Waals surface area contributed by atoms with Gasteiger partial charge in [0.25, 0.3) is 0 Å². The van der Waals surface area contributed by atoms with Crippen LogP contribution in [0, 0.1) is 0 Å². The summed E-state index contributed by atoms with van der Waals surface area (Å²) < 4.78 is 16.2. The lowest BCUT2D eigenvalue weighted by Gasteiger charge is -2.24. The number of benzene rings is 1. The molecule has 1 aromatic carbocycles. The summed E-state index contributed by atoms with van der Waals surface area (Å²) >= 11 is 1.36. The lowest BCUT2D eigenvalue weighted by atomic mass is 9.90. The zero-order valence-electron chi connectivity index (χ0n) is 13.0. The molecule has 3 rings (SSSR count). The van der Waals surface area contributed by atoms with Crippen LogP contribution in [-0.2, 0) is 4.79 Å². The summed E-state index contributed by atoms with van der Waals surface area (Å²) in [4.78, 5) is 17.1. The third kappa shape index (κ3) is 2.65. The summed E-state index contributed by atoms with van der Waals surface area (Å²) in [5.41, 5.74) is 6.63. The van der Waals surface area contributed by atoms with E-state index < -0.39 is 0 Å². The molecule has 2 heterocycles. The number of nitrogens with zero attached hydrogens (tertiary/aromatic N) is 1. The highest BCUT2D eigenvalue weighted by Crippen LogP contribution is 2.47. The van der Waals surface area contributed by atoms with Gasteiger partial charge in [-0.2, -0.15) is 0 Å². The molecule has 0 radical (unpaired) electrons. The van der Waals surface area contributed by atoms with Crippen molar-refractivity contribution in [2.45, 2.75) is 12.3 Å². The minimum atomic E-state index is -0.191. The molecular formula is C15H17N3O4S. The lowest BCUT2D eigenvalue weighted by Crippen LogP contribution is -2.23. The van der Waals surface area contributed by atoms with Crippen LogP contribution in [0.3, 0.4) is 0 Å². The number of amides is 1. The maximum Gasteiger partial charge on any atom is 0.226 e. The van der Waals surface area contributed by atoms with E-state index in [1.165, 1.54) is 11.3 Å². The van der Waals surface area contributed by atoms with E-state index >= 15 is 0 Å². The monoisotopic (exact) mass is 335 g/mol. The van der Waals surface area contributed by atoms with Crippen LogP contribution < -0.4 is 25.3 Å². The van der Waals surface area contributed by atoms with Crippen LogP contribution in [0.4, 0.5) is 10.9 Å². The van der Waals surface area contributed by atoms with Crippen LogP contribution in [0.25, 0.3) is 0 Å². The van der Waals surface area contributed by atoms with Gasteiger partial charge in [-0.1, -0.05) is 11.3 Å². The van der Waals surface area contributed by atoms with Crippen LogP contribution in [0.5, 0.6) is 17.2 Å². The summed E-state index contributed by atoms with van der Waals surface area (Å²) in [6.45, 7) is 0. The quantitative estimate of drug-likeness (QED) is 0.889. The number of carbonyl (C=O) groups is 1. The van der Waals surface area contributed by atoms with Crippen molar-refractivity contribution in [3.8, 4) is 17.2 Å². The van der Waals surface area contributed by atoms with Gasteiger partial charge in [0, 0.05) is 24.0 Å². The van der Waals surface area contributed by atoms with Crippen molar-refractivity contribution in [3.05, 3.63) is 22.6 Å². The Bertz CT molecular complexity index is 759. The van der Waals surface area contributed by atoms with Crippen molar-refractivity contribution in [2.75, 3.05) is 32.4 Å². The first kappa shape index (κ1) is 15.4. The number of nitrogens with two attached hydrogens (primary N) is 1. The average Bonchev–Trinajstić information content (AvgIpc) is 2.92. The number of nitrogens with one attached hydrogen (secondary N) is 1. The van der Waals surface area contributed by atoms with Crippen LogP contribution in [0.15, 0.2) is 12.1 Å². The Kier molecular flexibility index (Phi) is 3.99. The van der Waals surface area contributed by atoms with E-state index in [0.717, 1.165) is 10.4 Å². The molecule has 3 N–H and O–H groups in total. The molecule has 1 atom stereocenters.